The van der Waals surface area contributed by atoms with E-state index in [9.17, 15) is 9.00 Å². The molecule has 0 saturated heterocycles. The number of esters is 1. The topological polar surface area (TPSA) is 43.4 Å². The molecule has 0 aliphatic rings. The molecule has 1 rings (SSSR count). The van der Waals surface area contributed by atoms with Gasteiger partial charge >= 0.3 is 23.1 Å². The van der Waals surface area contributed by atoms with Gasteiger partial charge in [0.1, 0.15) is 0 Å². The van der Waals surface area contributed by atoms with Crippen molar-refractivity contribution in [1.82, 2.24) is 0 Å². The number of hydrogen-bond acceptors (Lipinski definition) is 3. The van der Waals surface area contributed by atoms with Gasteiger partial charge in [-0.25, -0.2) is 0 Å². The van der Waals surface area contributed by atoms with Crippen LogP contribution in [0.3, 0.4) is 0 Å². The molecule has 0 aromatic heterocycles. The van der Waals surface area contributed by atoms with Crippen molar-refractivity contribution >= 4 is 17.6 Å². The van der Waals surface area contributed by atoms with Crippen LogP contribution < -0.4 is 0 Å². The number of hydrogen-bond donors (Lipinski definition) is 0. The summed E-state index contributed by atoms with van der Waals surface area (Å²) in [4.78, 5) is 11.5. The van der Waals surface area contributed by atoms with Gasteiger partial charge in [0.05, 0.1) is 6.42 Å². The molecule has 0 N–H and O–H groups in total. The van der Waals surface area contributed by atoms with Crippen molar-refractivity contribution in [3.8, 4) is 0 Å². The summed E-state index contributed by atoms with van der Waals surface area (Å²) in [5, 5.41) is 0. The van der Waals surface area contributed by atoms with Crippen molar-refractivity contribution in [3.63, 3.8) is 0 Å². The summed E-state index contributed by atoms with van der Waals surface area (Å²) in [6.07, 6.45) is 1.66. The van der Waals surface area contributed by atoms with Crippen LogP contribution in [0.25, 0.3) is 0 Å². The van der Waals surface area contributed by atoms with Gasteiger partial charge in [0.25, 0.3) is 0 Å². The van der Waals surface area contributed by atoms with Crippen LogP contribution in [-0.2, 0) is 31.8 Å². The Kier molecular flexibility index (Phi) is 5.64. The molecule has 1 unspecified atom stereocenters. The molecule has 0 fully saturated rings. The minimum Gasteiger partial charge on any atom is -0.403 e. The second-order valence-electron chi connectivity index (χ2n) is 3.47. The fraction of sp³-hybridized carbons (Fsp3) is 0.417. The maximum Gasteiger partial charge on any atom is 0.507 e. The minimum atomic E-state index is -0.554. The SMILES string of the molecule is CCCC(OC(=O)Cc1ccccc1)[S+]=O. The van der Waals surface area contributed by atoms with Crippen LogP contribution >= 0.6 is 0 Å². The number of carbonyl (C=O) groups is 1. The molecular formula is C12H15O3S+. The number of rotatable bonds is 6. The molecule has 1 aromatic rings. The lowest BCUT2D eigenvalue weighted by Gasteiger charge is -2.03. The molecule has 4 heteroatoms. The fourth-order valence-electron chi connectivity index (χ4n) is 1.31. The fourth-order valence-corrected chi connectivity index (χ4v) is 1.79. The normalized spacial score (nSPS) is 11.8. The van der Waals surface area contributed by atoms with Crippen molar-refractivity contribution in [3.05, 3.63) is 35.9 Å². The second-order valence-corrected chi connectivity index (χ2v) is 4.18. The Bertz CT molecular complexity index is 337. The lowest BCUT2D eigenvalue weighted by atomic mass is 10.2. The van der Waals surface area contributed by atoms with Crippen molar-refractivity contribution in [1.29, 1.82) is 0 Å². The summed E-state index contributed by atoms with van der Waals surface area (Å²) >= 11 is 0.340. The molecule has 0 bridgehead atoms. The van der Waals surface area contributed by atoms with Gasteiger partial charge in [-0.15, -0.1) is 0 Å². The summed E-state index contributed by atoms with van der Waals surface area (Å²) in [5.41, 5.74) is 0.347. The lowest BCUT2D eigenvalue weighted by molar-refractivity contribution is -0.144. The molecule has 16 heavy (non-hydrogen) atoms. The Morgan fingerprint density at radius 2 is 2.06 bits per heavy atom. The van der Waals surface area contributed by atoms with Crippen LogP contribution in [0.1, 0.15) is 25.3 Å². The van der Waals surface area contributed by atoms with E-state index in [4.69, 9.17) is 4.74 Å². The third-order valence-corrected chi connectivity index (χ3v) is 2.63. The Morgan fingerprint density at radius 3 is 2.62 bits per heavy atom. The average molecular weight is 239 g/mol. The van der Waals surface area contributed by atoms with E-state index >= 15 is 0 Å². The van der Waals surface area contributed by atoms with Crippen LogP contribution in [0.4, 0.5) is 0 Å². The van der Waals surface area contributed by atoms with Crippen LogP contribution in [0.2, 0.25) is 0 Å². The Labute approximate surface area is 99.3 Å². The zero-order valence-electron chi connectivity index (χ0n) is 9.22. The van der Waals surface area contributed by atoms with Crippen LogP contribution in [-0.4, -0.2) is 11.4 Å². The predicted molar refractivity (Wildman–Crippen MR) is 63.0 cm³/mol. The summed E-state index contributed by atoms with van der Waals surface area (Å²) < 4.78 is 15.7. The van der Waals surface area contributed by atoms with Gasteiger partial charge in [-0.1, -0.05) is 37.3 Å². The summed E-state index contributed by atoms with van der Waals surface area (Å²) in [5.74, 6) is -0.340. The van der Waals surface area contributed by atoms with Gasteiger partial charge in [0, 0.05) is 10.6 Å². The van der Waals surface area contributed by atoms with Crippen LogP contribution in [0, 0.1) is 0 Å². The summed E-state index contributed by atoms with van der Waals surface area (Å²) in [7, 11) is 0. The zero-order chi connectivity index (χ0) is 11.8. The number of carbonyl (C=O) groups excluding carboxylic acids is 1. The number of benzene rings is 1. The molecule has 0 heterocycles. The van der Waals surface area contributed by atoms with E-state index < -0.39 is 5.44 Å². The molecule has 1 aromatic carbocycles. The van der Waals surface area contributed by atoms with Crippen LogP contribution in [0.5, 0.6) is 0 Å². The van der Waals surface area contributed by atoms with Crippen molar-refractivity contribution in [2.75, 3.05) is 0 Å². The molecule has 1 atom stereocenters. The molecule has 86 valence electrons. The highest BCUT2D eigenvalue weighted by atomic mass is 32.1. The summed E-state index contributed by atoms with van der Waals surface area (Å²) in [6, 6.07) is 9.35. The van der Waals surface area contributed by atoms with E-state index in [0.29, 0.717) is 18.1 Å². The van der Waals surface area contributed by atoms with E-state index in [0.717, 1.165) is 12.0 Å². The highest BCUT2D eigenvalue weighted by Gasteiger charge is 2.24. The smallest absolute Gasteiger partial charge is 0.403 e. The lowest BCUT2D eigenvalue weighted by Crippen LogP contribution is -2.18. The second kappa shape index (κ2) is 7.06. The molecule has 3 nitrogen and oxygen atoms in total. The first-order valence-corrected chi connectivity index (χ1v) is 6.08. The molecule has 0 aliphatic carbocycles. The summed E-state index contributed by atoms with van der Waals surface area (Å²) in [6.45, 7) is 1.95. The van der Waals surface area contributed by atoms with Gasteiger partial charge < -0.3 is 4.74 Å². The average Bonchev–Trinajstić information content (AvgIpc) is 2.29. The van der Waals surface area contributed by atoms with E-state index in [-0.39, 0.29) is 12.4 Å². The quantitative estimate of drug-likeness (QED) is 0.435. The Morgan fingerprint density at radius 1 is 1.38 bits per heavy atom. The first-order valence-electron chi connectivity index (χ1n) is 5.28. The highest BCUT2D eigenvalue weighted by molar-refractivity contribution is 7.66. The van der Waals surface area contributed by atoms with Gasteiger partial charge in [-0.2, -0.15) is 0 Å². The van der Waals surface area contributed by atoms with Crippen molar-refractivity contribution < 1.29 is 13.7 Å². The van der Waals surface area contributed by atoms with Crippen molar-refractivity contribution in [2.24, 2.45) is 0 Å². The maximum absolute atomic E-state index is 11.5. The molecule has 0 spiro atoms. The number of ether oxygens (including phenoxy) is 1. The molecule has 0 aliphatic heterocycles. The first-order chi connectivity index (χ1) is 7.76. The monoisotopic (exact) mass is 239 g/mol. The van der Waals surface area contributed by atoms with Gasteiger partial charge in [-0.3, -0.25) is 4.79 Å². The zero-order valence-corrected chi connectivity index (χ0v) is 10.0. The third kappa shape index (κ3) is 4.49. The third-order valence-electron chi connectivity index (χ3n) is 2.09. The van der Waals surface area contributed by atoms with Crippen molar-refractivity contribution in [2.45, 2.75) is 31.6 Å². The van der Waals surface area contributed by atoms with Gasteiger partial charge in [-0.05, 0) is 12.0 Å². The van der Waals surface area contributed by atoms with E-state index in [1.54, 1.807) is 0 Å². The van der Waals surface area contributed by atoms with Gasteiger partial charge in [0.2, 0.25) is 0 Å². The standard InChI is InChI=1S/C12H15O3S/c1-2-6-12(16-14)15-11(13)9-10-7-4-3-5-8-10/h3-5,7-8,12H,2,6,9H2,1H3/q+1. The molecule has 0 saturated carbocycles. The Hall–Kier alpha value is -1.29. The van der Waals surface area contributed by atoms with E-state index in [2.05, 4.69) is 0 Å². The molecule has 0 radical (unpaired) electrons. The maximum atomic E-state index is 11.5. The minimum absolute atomic E-state index is 0.224. The van der Waals surface area contributed by atoms with Gasteiger partial charge in [0.15, 0.2) is 0 Å². The first kappa shape index (κ1) is 12.8. The van der Waals surface area contributed by atoms with E-state index in [1.807, 2.05) is 37.3 Å². The Balaban J connectivity index is 2.44. The van der Waals surface area contributed by atoms with E-state index in [1.165, 1.54) is 0 Å². The van der Waals surface area contributed by atoms with Crippen LogP contribution in [0.15, 0.2) is 30.3 Å². The molecular weight excluding hydrogens is 224 g/mol. The highest BCUT2D eigenvalue weighted by Crippen LogP contribution is 2.05. The largest absolute Gasteiger partial charge is 0.507 e. The predicted octanol–water partition coefficient (Wildman–Crippen LogP) is 2.33. The molecule has 0 amide bonds.